The van der Waals surface area contributed by atoms with E-state index in [1.54, 1.807) is 7.11 Å². The fraction of sp³-hybridized carbons (Fsp3) is 0.600. The van der Waals surface area contributed by atoms with E-state index in [0.29, 0.717) is 0 Å². The van der Waals surface area contributed by atoms with Gasteiger partial charge in [-0.3, -0.25) is 0 Å². The van der Waals surface area contributed by atoms with Gasteiger partial charge in [-0.15, -0.1) is 0 Å². The monoisotopic (exact) mass is 250 g/mol. The van der Waals surface area contributed by atoms with Gasteiger partial charge in [-0.1, -0.05) is 32.9 Å². The molecule has 0 aliphatic carbocycles. The molecule has 0 aromatic heterocycles. The summed E-state index contributed by atoms with van der Waals surface area (Å²) in [5.74, 6) is 0.881. The van der Waals surface area contributed by atoms with Crippen LogP contribution in [0, 0.1) is 0 Å². The summed E-state index contributed by atoms with van der Waals surface area (Å²) in [5.41, 5.74) is 8.77. The molecule has 3 nitrogen and oxygen atoms in total. The van der Waals surface area contributed by atoms with Crippen LogP contribution in [0.4, 0.5) is 0 Å². The van der Waals surface area contributed by atoms with Crippen molar-refractivity contribution in [3.8, 4) is 5.75 Å². The second-order valence-electron chi connectivity index (χ2n) is 5.71. The SMILES string of the molecule is CNCCC(N)c1cc(C(C)(C)C)ccc1OC. The van der Waals surface area contributed by atoms with Gasteiger partial charge in [0.25, 0.3) is 0 Å². The quantitative estimate of drug-likeness (QED) is 0.844. The molecule has 3 heteroatoms. The van der Waals surface area contributed by atoms with Gasteiger partial charge in [-0.2, -0.15) is 0 Å². The number of hydrogen-bond donors (Lipinski definition) is 2. The lowest BCUT2D eigenvalue weighted by Crippen LogP contribution is -2.20. The van der Waals surface area contributed by atoms with Crippen LogP contribution in [-0.4, -0.2) is 20.7 Å². The van der Waals surface area contributed by atoms with Crippen LogP contribution in [0.1, 0.15) is 44.4 Å². The maximum Gasteiger partial charge on any atom is 0.123 e. The van der Waals surface area contributed by atoms with E-state index >= 15 is 0 Å². The van der Waals surface area contributed by atoms with Crippen LogP contribution in [0.3, 0.4) is 0 Å². The summed E-state index contributed by atoms with van der Waals surface area (Å²) in [6.07, 6.45) is 0.903. The molecule has 1 aromatic rings. The molecule has 0 bridgehead atoms. The van der Waals surface area contributed by atoms with Gasteiger partial charge in [0.15, 0.2) is 0 Å². The number of hydrogen-bond acceptors (Lipinski definition) is 3. The Morgan fingerprint density at radius 2 is 2.00 bits per heavy atom. The first-order valence-corrected chi connectivity index (χ1v) is 6.48. The van der Waals surface area contributed by atoms with Crippen LogP contribution in [0.5, 0.6) is 5.75 Å². The molecule has 0 amide bonds. The molecule has 0 spiro atoms. The fourth-order valence-electron chi connectivity index (χ4n) is 1.95. The van der Waals surface area contributed by atoms with Crippen molar-refractivity contribution in [3.05, 3.63) is 29.3 Å². The summed E-state index contributed by atoms with van der Waals surface area (Å²) in [4.78, 5) is 0. The van der Waals surface area contributed by atoms with Gasteiger partial charge < -0.3 is 15.8 Å². The van der Waals surface area contributed by atoms with E-state index in [9.17, 15) is 0 Å². The molecule has 1 unspecified atom stereocenters. The molecule has 1 rings (SSSR count). The lowest BCUT2D eigenvalue weighted by atomic mass is 9.85. The molecule has 1 atom stereocenters. The van der Waals surface area contributed by atoms with Crippen molar-refractivity contribution in [3.63, 3.8) is 0 Å². The number of methoxy groups -OCH3 is 1. The first-order chi connectivity index (χ1) is 8.40. The normalized spacial score (nSPS) is 13.4. The molecule has 0 heterocycles. The van der Waals surface area contributed by atoms with Gasteiger partial charge in [0.05, 0.1) is 7.11 Å². The van der Waals surface area contributed by atoms with Gasteiger partial charge in [0.1, 0.15) is 5.75 Å². The van der Waals surface area contributed by atoms with E-state index in [-0.39, 0.29) is 11.5 Å². The van der Waals surface area contributed by atoms with E-state index in [1.807, 2.05) is 13.1 Å². The number of nitrogens with one attached hydrogen (secondary N) is 1. The van der Waals surface area contributed by atoms with Crippen LogP contribution < -0.4 is 15.8 Å². The molecule has 0 aliphatic rings. The van der Waals surface area contributed by atoms with E-state index in [4.69, 9.17) is 10.5 Å². The van der Waals surface area contributed by atoms with Crippen LogP contribution >= 0.6 is 0 Å². The Morgan fingerprint density at radius 3 is 2.50 bits per heavy atom. The topological polar surface area (TPSA) is 47.3 Å². The molecule has 0 aliphatic heterocycles. The van der Waals surface area contributed by atoms with Crippen molar-refractivity contribution in [1.29, 1.82) is 0 Å². The van der Waals surface area contributed by atoms with Crippen LogP contribution in [0.2, 0.25) is 0 Å². The Kier molecular flexibility index (Phi) is 5.17. The van der Waals surface area contributed by atoms with Crippen molar-refractivity contribution in [2.45, 2.75) is 38.6 Å². The number of ether oxygens (including phenoxy) is 1. The van der Waals surface area contributed by atoms with Crippen molar-refractivity contribution < 1.29 is 4.74 Å². The van der Waals surface area contributed by atoms with Crippen molar-refractivity contribution >= 4 is 0 Å². The third-order valence-corrected chi connectivity index (χ3v) is 3.20. The van der Waals surface area contributed by atoms with Gasteiger partial charge in [0.2, 0.25) is 0 Å². The smallest absolute Gasteiger partial charge is 0.123 e. The predicted octanol–water partition coefficient (Wildman–Crippen LogP) is 2.60. The zero-order valence-electron chi connectivity index (χ0n) is 12.2. The third kappa shape index (κ3) is 3.72. The van der Waals surface area contributed by atoms with Gasteiger partial charge in [0, 0.05) is 11.6 Å². The Balaban J connectivity index is 3.06. The Labute approximate surface area is 111 Å². The maximum atomic E-state index is 6.25. The number of rotatable bonds is 5. The average Bonchev–Trinajstić information content (AvgIpc) is 2.34. The summed E-state index contributed by atoms with van der Waals surface area (Å²) >= 11 is 0. The minimum absolute atomic E-state index is 0.00898. The molecular formula is C15H26N2O. The number of nitrogens with two attached hydrogens (primary N) is 1. The summed E-state index contributed by atoms with van der Waals surface area (Å²) in [6, 6.07) is 6.33. The molecule has 1 aromatic carbocycles. The fourth-order valence-corrected chi connectivity index (χ4v) is 1.95. The highest BCUT2D eigenvalue weighted by Crippen LogP contribution is 2.31. The molecular weight excluding hydrogens is 224 g/mol. The predicted molar refractivity (Wildman–Crippen MR) is 77.2 cm³/mol. The van der Waals surface area contributed by atoms with E-state index < -0.39 is 0 Å². The maximum absolute atomic E-state index is 6.25. The lowest BCUT2D eigenvalue weighted by Gasteiger charge is -2.23. The first kappa shape index (κ1) is 15.0. The Hall–Kier alpha value is -1.06. The molecule has 0 saturated carbocycles. The summed E-state index contributed by atoms with van der Waals surface area (Å²) in [7, 11) is 3.63. The Bertz CT molecular complexity index is 383. The standard InChI is InChI=1S/C15H26N2O/c1-15(2,3)11-6-7-14(18-5)12(10-11)13(16)8-9-17-4/h6-7,10,13,17H,8-9,16H2,1-5H3. The zero-order valence-corrected chi connectivity index (χ0v) is 12.2. The average molecular weight is 250 g/mol. The van der Waals surface area contributed by atoms with Crippen molar-refractivity contribution in [2.24, 2.45) is 5.73 Å². The zero-order chi connectivity index (χ0) is 13.8. The van der Waals surface area contributed by atoms with E-state index in [1.165, 1.54) is 5.56 Å². The highest BCUT2D eigenvalue weighted by atomic mass is 16.5. The lowest BCUT2D eigenvalue weighted by molar-refractivity contribution is 0.403. The van der Waals surface area contributed by atoms with Gasteiger partial charge in [-0.25, -0.2) is 0 Å². The molecule has 0 saturated heterocycles. The van der Waals surface area contributed by atoms with Crippen LogP contribution in [0.25, 0.3) is 0 Å². The third-order valence-electron chi connectivity index (χ3n) is 3.20. The minimum atomic E-state index is 0.00898. The van der Waals surface area contributed by atoms with E-state index in [2.05, 4.69) is 38.2 Å². The molecule has 0 radical (unpaired) electrons. The van der Waals surface area contributed by atoms with E-state index in [0.717, 1.165) is 24.3 Å². The highest BCUT2D eigenvalue weighted by Gasteiger charge is 2.18. The molecule has 0 fully saturated rings. The van der Waals surface area contributed by atoms with Crippen LogP contribution in [0.15, 0.2) is 18.2 Å². The summed E-state index contributed by atoms with van der Waals surface area (Å²) < 4.78 is 5.41. The summed E-state index contributed by atoms with van der Waals surface area (Å²) in [5, 5.41) is 3.13. The minimum Gasteiger partial charge on any atom is -0.496 e. The second kappa shape index (κ2) is 6.21. The Morgan fingerprint density at radius 1 is 1.33 bits per heavy atom. The largest absolute Gasteiger partial charge is 0.496 e. The number of benzene rings is 1. The molecule has 102 valence electrons. The molecule has 3 N–H and O–H groups in total. The second-order valence-corrected chi connectivity index (χ2v) is 5.71. The van der Waals surface area contributed by atoms with Gasteiger partial charge in [-0.05, 0) is 37.1 Å². The molecule has 18 heavy (non-hydrogen) atoms. The van der Waals surface area contributed by atoms with Crippen molar-refractivity contribution in [1.82, 2.24) is 5.32 Å². The highest BCUT2D eigenvalue weighted by molar-refractivity contribution is 5.41. The van der Waals surface area contributed by atoms with Crippen LogP contribution in [-0.2, 0) is 5.41 Å². The van der Waals surface area contributed by atoms with Crippen molar-refractivity contribution in [2.75, 3.05) is 20.7 Å². The van der Waals surface area contributed by atoms with Gasteiger partial charge >= 0.3 is 0 Å². The summed E-state index contributed by atoms with van der Waals surface area (Å²) in [6.45, 7) is 7.53. The first-order valence-electron chi connectivity index (χ1n) is 6.48.